The first-order valence-electron chi connectivity index (χ1n) is 13.1. The maximum Gasteiger partial charge on any atom is 0.256 e. The fourth-order valence-corrected chi connectivity index (χ4v) is 5.51. The number of amides is 1. The van der Waals surface area contributed by atoms with E-state index >= 15 is 0 Å². The molecule has 0 unspecified atom stereocenters. The Morgan fingerprint density at radius 2 is 1.76 bits per heavy atom. The Balaban J connectivity index is 1.16. The fraction of sp³-hybridized carbons (Fsp3) is 0.571. The largest absolute Gasteiger partial charge is 0.493 e. The minimum Gasteiger partial charge on any atom is -0.493 e. The predicted octanol–water partition coefficient (Wildman–Crippen LogP) is 4.66. The summed E-state index contributed by atoms with van der Waals surface area (Å²) in [7, 11) is 0. The highest BCUT2D eigenvalue weighted by Crippen LogP contribution is 2.34. The zero-order valence-corrected chi connectivity index (χ0v) is 20.8. The molecule has 0 N–H and O–H groups in total. The number of piperazine rings is 1. The first-order valence-corrected chi connectivity index (χ1v) is 13.1. The molecule has 3 aliphatic rings. The summed E-state index contributed by atoms with van der Waals surface area (Å²) in [4.78, 5) is 24.9. The molecule has 2 aromatic rings. The van der Waals surface area contributed by atoms with Gasteiger partial charge in [0.1, 0.15) is 5.75 Å². The Labute approximate surface area is 203 Å². The van der Waals surface area contributed by atoms with Crippen molar-refractivity contribution in [1.82, 2.24) is 14.7 Å². The number of fused-ring (bicyclic) bond motifs is 3. The topological polar surface area (TPSA) is 48.4 Å². The summed E-state index contributed by atoms with van der Waals surface area (Å²) in [6.07, 6.45) is 7.53. The smallest absolute Gasteiger partial charge is 0.256 e. The Morgan fingerprint density at radius 1 is 0.971 bits per heavy atom. The summed E-state index contributed by atoms with van der Waals surface area (Å²) in [5.74, 6) is 1.05. The quantitative estimate of drug-likeness (QED) is 0.536. The van der Waals surface area contributed by atoms with Crippen LogP contribution in [-0.4, -0.2) is 85.3 Å². The van der Waals surface area contributed by atoms with Gasteiger partial charge in [0, 0.05) is 38.9 Å². The van der Waals surface area contributed by atoms with E-state index in [2.05, 4.69) is 35.8 Å². The van der Waals surface area contributed by atoms with E-state index in [0.717, 1.165) is 65.8 Å². The van der Waals surface area contributed by atoms with Crippen LogP contribution in [0.2, 0.25) is 0 Å². The summed E-state index contributed by atoms with van der Waals surface area (Å²) in [6.45, 7) is 13.1. The van der Waals surface area contributed by atoms with Crippen molar-refractivity contribution in [2.45, 2.75) is 52.0 Å². The van der Waals surface area contributed by atoms with Crippen molar-refractivity contribution < 1.29 is 9.53 Å². The van der Waals surface area contributed by atoms with E-state index in [1.54, 1.807) is 0 Å². The lowest BCUT2D eigenvalue weighted by molar-refractivity contribution is 0.0775. The number of ether oxygens (including phenoxy) is 1. The third-order valence-electron chi connectivity index (χ3n) is 7.71. The molecule has 2 aromatic carbocycles. The second kappa shape index (κ2) is 10.4. The normalized spacial score (nSPS) is 21.1. The second-order valence-electron chi connectivity index (χ2n) is 10.0. The van der Waals surface area contributed by atoms with Gasteiger partial charge in [0.15, 0.2) is 0 Å². The SMILES string of the molecule is CCN1CCN(CCCCCOc2cc3cc4c(cc3cc2C)C(=O)N2CCC[C@H]2C=N4)CC1. The summed E-state index contributed by atoms with van der Waals surface area (Å²) < 4.78 is 6.18. The molecule has 0 aromatic heterocycles. The van der Waals surface area contributed by atoms with E-state index in [-0.39, 0.29) is 11.9 Å². The van der Waals surface area contributed by atoms with Crippen LogP contribution in [0.1, 0.15) is 54.9 Å². The van der Waals surface area contributed by atoms with Crippen LogP contribution < -0.4 is 4.74 Å². The van der Waals surface area contributed by atoms with Crippen molar-refractivity contribution in [1.29, 1.82) is 0 Å². The van der Waals surface area contributed by atoms with Crippen LogP contribution in [0.25, 0.3) is 10.8 Å². The number of hydrogen-bond donors (Lipinski definition) is 0. The van der Waals surface area contributed by atoms with E-state index in [0.29, 0.717) is 0 Å². The molecule has 6 heteroatoms. The molecule has 3 heterocycles. The van der Waals surface area contributed by atoms with Gasteiger partial charge in [0.25, 0.3) is 5.91 Å². The Bertz CT molecular complexity index is 1060. The molecule has 34 heavy (non-hydrogen) atoms. The highest BCUT2D eigenvalue weighted by Gasteiger charge is 2.31. The van der Waals surface area contributed by atoms with E-state index in [1.165, 1.54) is 52.1 Å². The summed E-state index contributed by atoms with van der Waals surface area (Å²) in [6, 6.07) is 8.46. The van der Waals surface area contributed by atoms with Crippen molar-refractivity contribution in [3.8, 4) is 5.75 Å². The first kappa shape index (κ1) is 23.3. The molecular weight excluding hydrogens is 424 g/mol. The van der Waals surface area contributed by atoms with Gasteiger partial charge in [-0.25, -0.2) is 0 Å². The molecule has 3 aliphatic heterocycles. The van der Waals surface area contributed by atoms with Gasteiger partial charge in [-0.3, -0.25) is 9.79 Å². The zero-order chi connectivity index (χ0) is 23.5. The number of aliphatic imine (C=N–C) groups is 1. The molecule has 0 spiro atoms. The molecule has 182 valence electrons. The Morgan fingerprint density at radius 3 is 2.59 bits per heavy atom. The number of rotatable bonds is 8. The number of aryl methyl sites for hydroxylation is 1. The number of carbonyl (C=O) groups is 1. The highest BCUT2D eigenvalue weighted by molar-refractivity contribution is 6.06. The average Bonchev–Trinajstić information content (AvgIpc) is 3.29. The molecule has 0 bridgehead atoms. The number of likely N-dealkylation sites (N-methyl/N-ethyl adjacent to an activating group) is 1. The van der Waals surface area contributed by atoms with Gasteiger partial charge in [-0.15, -0.1) is 0 Å². The molecular formula is C28H38N4O2. The van der Waals surface area contributed by atoms with Gasteiger partial charge in [-0.05, 0) is 92.7 Å². The van der Waals surface area contributed by atoms with Gasteiger partial charge < -0.3 is 19.4 Å². The van der Waals surface area contributed by atoms with Gasteiger partial charge >= 0.3 is 0 Å². The molecule has 5 rings (SSSR count). The summed E-state index contributed by atoms with van der Waals surface area (Å²) in [5.41, 5.74) is 2.61. The van der Waals surface area contributed by atoms with Crippen LogP contribution in [0.15, 0.2) is 29.3 Å². The van der Waals surface area contributed by atoms with Gasteiger partial charge in [0.2, 0.25) is 0 Å². The van der Waals surface area contributed by atoms with Gasteiger partial charge in [-0.2, -0.15) is 0 Å². The minimum absolute atomic E-state index is 0.113. The maximum atomic E-state index is 13.1. The number of nitrogens with zero attached hydrogens (tertiary/aromatic N) is 4. The fourth-order valence-electron chi connectivity index (χ4n) is 5.51. The maximum absolute atomic E-state index is 13.1. The van der Waals surface area contributed by atoms with Crippen LogP contribution in [0.5, 0.6) is 5.75 Å². The summed E-state index contributed by atoms with van der Waals surface area (Å²) >= 11 is 0. The zero-order valence-electron chi connectivity index (χ0n) is 20.8. The third kappa shape index (κ3) is 4.98. The van der Waals surface area contributed by atoms with Gasteiger partial charge in [0.05, 0.1) is 23.9 Å². The number of unbranched alkanes of at least 4 members (excludes halogenated alkanes) is 2. The van der Waals surface area contributed by atoms with Crippen LogP contribution in [0.4, 0.5) is 5.69 Å². The predicted molar refractivity (Wildman–Crippen MR) is 139 cm³/mol. The van der Waals surface area contributed by atoms with Crippen LogP contribution in [-0.2, 0) is 0 Å². The van der Waals surface area contributed by atoms with Crippen LogP contribution in [0, 0.1) is 6.92 Å². The molecule has 0 aliphatic carbocycles. The lowest BCUT2D eigenvalue weighted by Crippen LogP contribution is -2.46. The monoisotopic (exact) mass is 462 g/mol. The molecule has 1 atom stereocenters. The van der Waals surface area contributed by atoms with Crippen LogP contribution >= 0.6 is 0 Å². The van der Waals surface area contributed by atoms with E-state index in [4.69, 9.17) is 9.73 Å². The lowest BCUT2D eigenvalue weighted by atomic mass is 10.0. The third-order valence-corrected chi connectivity index (χ3v) is 7.71. The first-order chi connectivity index (χ1) is 16.6. The highest BCUT2D eigenvalue weighted by atomic mass is 16.5. The average molecular weight is 463 g/mol. The molecule has 0 radical (unpaired) electrons. The standard InChI is InChI=1S/C28H38N4O2/c1-3-30-11-13-31(14-12-30)9-5-4-6-15-34-27-19-23-18-26-25(17-22(23)16-21(27)2)28(33)32-10-7-8-24(32)20-29-26/h16-20,24H,3-15H2,1-2H3/t24-/m0/s1. The van der Waals surface area contributed by atoms with E-state index in [1.807, 2.05) is 23.2 Å². The van der Waals surface area contributed by atoms with Crippen molar-refractivity contribution in [2.75, 3.05) is 52.4 Å². The molecule has 6 nitrogen and oxygen atoms in total. The van der Waals surface area contributed by atoms with E-state index < -0.39 is 0 Å². The molecule has 1 amide bonds. The summed E-state index contributed by atoms with van der Waals surface area (Å²) in [5, 5.41) is 2.16. The molecule has 0 saturated carbocycles. The van der Waals surface area contributed by atoms with Crippen molar-refractivity contribution in [3.05, 3.63) is 35.4 Å². The van der Waals surface area contributed by atoms with Crippen molar-refractivity contribution in [3.63, 3.8) is 0 Å². The second-order valence-corrected chi connectivity index (χ2v) is 10.0. The minimum atomic E-state index is 0.113. The van der Waals surface area contributed by atoms with Crippen molar-refractivity contribution in [2.24, 2.45) is 4.99 Å². The molecule has 2 saturated heterocycles. The van der Waals surface area contributed by atoms with Crippen molar-refractivity contribution >= 4 is 28.6 Å². The van der Waals surface area contributed by atoms with E-state index in [9.17, 15) is 4.79 Å². The number of benzene rings is 2. The van der Waals surface area contributed by atoms with Gasteiger partial charge in [-0.1, -0.05) is 6.92 Å². The lowest BCUT2D eigenvalue weighted by Gasteiger charge is -2.33. The molecule has 2 fully saturated rings. The van der Waals surface area contributed by atoms with Crippen LogP contribution in [0.3, 0.4) is 0 Å². The number of hydrogen-bond acceptors (Lipinski definition) is 5. The Hall–Kier alpha value is -2.44. The Kier molecular flexibility index (Phi) is 7.16. The number of carbonyl (C=O) groups excluding carboxylic acids is 1.